The molecule has 1 aromatic rings. The van der Waals surface area contributed by atoms with Gasteiger partial charge in [-0.15, -0.1) is 0 Å². The van der Waals surface area contributed by atoms with Gasteiger partial charge >= 0.3 is 0 Å². The lowest BCUT2D eigenvalue weighted by Gasteiger charge is -2.23. The quantitative estimate of drug-likeness (QED) is 0.835. The number of para-hydroxylation sites is 1. The van der Waals surface area contributed by atoms with Crippen molar-refractivity contribution in [2.45, 2.75) is 25.8 Å². The minimum absolute atomic E-state index is 0.0626. The number of carbonyl (C=O) groups excluding carboxylic acids is 1. The minimum Gasteiger partial charge on any atom is -0.488 e. The molecule has 1 heterocycles. The van der Waals surface area contributed by atoms with Gasteiger partial charge in [-0.1, -0.05) is 6.07 Å². The molecule has 100 valence electrons. The number of nitrogens with zero attached hydrogens (tertiary/aromatic N) is 2. The number of hydrogen-bond acceptors (Lipinski definition) is 4. The third kappa shape index (κ3) is 2.79. The zero-order valence-electron chi connectivity index (χ0n) is 10.9. The number of nitrogen functional groups attached to an aromatic ring is 1. The Balaban J connectivity index is 2.07. The molecule has 0 aromatic heterocycles. The van der Waals surface area contributed by atoms with E-state index in [-0.39, 0.29) is 11.9 Å². The number of amides is 1. The number of likely N-dealkylation sites (tertiary alicyclic amines) is 1. The summed E-state index contributed by atoms with van der Waals surface area (Å²) >= 11 is 0. The SMILES string of the molecule is CC(=O)N1CCCC1COc1c(N)cccc1C#N. The number of carbonyl (C=O) groups is 1. The van der Waals surface area contributed by atoms with Crippen LogP contribution in [0.5, 0.6) is 5.75 Å². The lowest BCUT2D eigenvalue weighted by Crippen LogP contribution is -2.37. The molecule has 2 N–H and O–H groups in total. The van der Waals surface area contributed by atoms with Crippen LogP contribution in [0.2, 0.25) is 0 Å². The zero-order valence-corrected chi connectivity index (χ0v) is 10.9. The van der Waals surface area contributed by atoms with E-state index in [1.165, 1.54) is 0 Å². The maximum absolute atomic E-state index is 11.5. The first kappa shape index (κ1) is 13.2. The Labute approximate surface area is 112 Å². The van der Waals surface area contributed by atoms with Crippen LogP contribution in [-0.2, 0) is 4.79 Å². The molecule has 0 radical (unpaired) electrons. The van der Waals surface area contributed by atoms with Crippen LogP contribution in [-0.4, -0.2) is 30.0 Å². The molecule has 1 aliphatic rings. The molecule has 5 nitrogen and oxygen atoms in total. The van der Waals surface area contributed by atoms with E-state index in [1.54, 1.807) is 25.1 Å². The first-order valence-corrected chi connectivity index (χ1v) is 6.32. The number of ether oxygens (including phenoxy) is 1. The van der Waals surface area contributed by atoms with Crippen molar-refractivity contribution < 1.29 is 9.53 Å². The zero-order chi connectivity index (χ0) is 13.8. The summed E-state index contributed by atoms with van der Waals surface area (Å²) in [4.78, 5) is 13.3. The Morgan fingerprint density at radius 3 is 3.11 bits per heavy atom. The highest BCUT2D eigenvalue weighted by atomic mass is 16.5. The molecule has 0 saturated carbocycles. The average molecular weight is 259 g/mol. The minimum atomic E-state index is 0.0626. The molecule has 2 rings (SSSR count). The summed E-state index contributed by atoms with van der Waals surface area (Å²) in [6.07, 6.45) is 1.91. The first-order chi connectivity index (χ1) is 9.13. The lowest BCUT2D eigenvalue weighted by atomic mass is 10.2. The van der Waals surface area contributed by atoms with Gasteiger partial charge in [0.2, 0.25) is 5.91 Å². The molecule has 1 unspecified atom stereocenters. The highest BCUT2D eigenvalue weighted by molar-refractivity contribution is 5.74. The molecule has 1 aliphatic heterocycles. The molecule has 1 saturated heterocycles. The smallest absolute Gasteiger partial charge is 0.219 e. The summed E-state index contributed by atoms with van der Waals surface area (Å²) in [6.45, 7) is 2.72. The maximum atomic E-state index is 11.5. The largest absolute Gasteiger partial charge is 0.488 e. The van der Waals surface area contributed by atoms with Crippen LogP contribution in [0.4, 0.5) is 5.69 Å². The first-order valence-electron chi connectivity index (χ1n) is 6.32. The normalized spacial score (nSPS) is 18.1. The standard InChI is InChI=1S/C14H17N3O2/c1-10(18)17-7-3-5-12(17)9-19-14-11(8-15)4-2-6-13(14)16/h2,4,6,12H,3,5,7,9,16H2,1H3. The number of benzene rings is 1. The molecule has 5 heteroatoms. The molecule has 1 atom stereocenters. The van der Waals surface area contributed by atoms with Gasteiger partial charge in [-0.05, 0) is 25.0 Å². The molecule has 0 aliphatic carbocycles. The molecule has 1 amide bonds. The van der Waals surface area contributed by atoms with Gasteiger partial charge in [0, 0.05) is 13.5 Å². The van der Waals surface area contributed by atoms with Crippen molar-refractivity contribution in [3.8, 4) is 11.8 Å². The predicted molar refractivity (Wildman–Crippen MR) is 71.5 cm³/mol. The summed E-state index contributed by atoms with van der Waals surface area (Å²) in [6, 6.07) is 7.23. The molecule has 0 spiro atoms. The molecule has 1 fully saturated rings. The van der Waals surface area contributed by atoms with E-state index in [4.69, 9.17) is 15.7 Å². The van der Waals surface area contributed by atoms with Gasteiger partial charge in [0.1, 0.15) is 12.7 Å². The van der Waals surface area contributed by atoms with Crippen molar-refractivity contribution in [3.05, 3.63) is 23.8 Å². The number of anilines is 1. The lowest BCUT2D eigenvalue weighted by molar-refractivity contribution is -0.130. The Morgan fingerprint density at radius 1 is 1.63 bits per heavy atom. The van der Waals surface area contributed by atoms with Crippen molar-refractivity contribution >= 4 is 11.6 Å². The highest BCUT2D eigenvalue weighted by Crippen LogP contribution is 2.27. The van der Waals surface area contributed by atoms with Gasteiger partial charge in [0.25, 0.3) is 0 Å². The predicted octanol–water partition coefficient (Wildman–Crippen LogP) is 1.53. The third-order valence-electron chi connectivity index (χ3n) is 3.37. The monoisotopic (exact) mass is 259 g/mol. The Bertz CT molecular complexity index is 522. The summed E-state index contributed by atoms with van der Waals surface area (Å²) in [7, 11) is 0. The van der Waals surface area contributed by atoms with Crippen molar-refractivity contribution in [1.29, 1.82) is 5.26 Å². The van der Waals surface area contributed by atoms with Crippen molar-refractivity contribution in [3.63, 3.8) is 0 Å². The second kappa shape index (κ2) is 5.61. The van der Waals surface area contributed by atoms with Crippen LogP contribution >= 0.6 is 0 Å². The van der Waals surface area contributed by atoms with Crippen molar-refractivity contribution in [1.82, 2.24) is 4.90 Å². The number of rotatable bonds is 3. The fourth-order valence-corrected chi connectivity index (χ4v) is 2.41. The van der Waals surface area contributed by atoms with Crippen molar-refractivity contribution in [2.75, 3.05) is 18.9 Å². The maximum Gasteiger partial charge on any atom is 0.219 e. The van der Waals surface area contributed by atoms with Gasteiger partial charge in [-0.2, -0.15) is 5.26 Å². The summed E-state index contributed by atoms with van der Waals surface area (Å²) in [5.41, 5.74) is 6.69. The number of hydrogen-bond donors (Lipinski definition) is 1. The van der Waals surface area contributed by atoms with Crippen LogP contribution in [0.25, 0.3) is 0 Å². The van der Waals surface area contributed by atoms with E-state index in [2.05, 4.69) is 6.07 Å². The molecule has 19 heavy (non-hydrogen) atoms. The fraction of sp³-hybridized carbons (Fsp3) is 0.429. The Morgan fingerprint density at radius 2 is 2.42 bits per heavy atom. The summed E-state index contributed by atoms with van der Waals surface area (Å²) in [5, 5.41) is 9.02. The van der Waals surface area contributed by atoms with E-state index < -0.39 is 0 Å². The average Bonchev–Trinajstić information content (AvgIpc) is 2.85. The van der Waals surface area contributed by atoms with Crippen LogP contribution in [0.1, 0.15) is 25.3 Å². The van der Waals surface area contributed by atoms with Crippen LogP contribution in [0.15, 0.2) is 18.2 Å². The van der Waals surface area contributed by atoms with Crippen LogP contribution < -0.4 is 10.5 Å². The van der Waals surface area contributed by atoms with E-state index in [0.29, 0.717) is 23.6 Å². The van der Waals surface area contributed by atoms with Crippen LogP contribution in [0.3, 0.4) is 0 Å². The molecular weight excluding hydrogens is 242 g/mol. The molecule has 1 aromatic carbocycles. The number of nitrogens with two attached hydrogens (primary N) is 1. The summed E-state index contributed by atoms with van der Waals surface area (Å²) < 4.78 is 5.68. The molecular formula is C14H17N3O2. The second-order valence-electron chi connectivity index (χ2n) is 4.66. The van der Waals surface area contributed by atoms with E-state index in [9.17, 15) is 4.79 Å². The Hall–Kier alpha value is -2.22. The fourth-order valence-electron chi connectivity index (χ4n) is 2.41. The third-order valence-corrected chi connectivity index (χ3v) is 3.37. The van der Waals surface area contributed by atoms with Gasteiger partial charge in [-0.3, -0.25) is 4.79 Å². The number of nitriles is 1. The summed E-state index contributed by atoms with van der Waals surface area (Å²) in [5.74, 6) is 0.480. The highest BCUT2D eigenvalue weighted by Gasteiger charge is 2.27. The van der Waals surface area contributed by atoms with Gasteiger partial charge in [0.05, 0.1) is 17.3 Å². The van der Waals surface area contributed by atoms with Gasteiger partial charge < -0.3 is 15.4 Å². The van der Waals surface area contributed by atoms with Crippen LogP contribution in [0, 0.1) is 11.3 Å². The van der Waals surface area contributed by atoms with Gasteiger partial charge in [-0.25, -0.2) is 0 Å². The van der Waals surface area contributed by atoms with E-state index >= 15 is 0 Å². The van der Waals surface area contributed by atoms with Gasteiger partial charge in [0.15, 0.2) is 5.75 Å². The Kier molecular flexibility index (Phi) is 3.91. The second-order valence-corrected chi connectivity index (χ2v) is 4.66. The molecule has 0 bridgehead atoms. The van der Waals surface area contributed by atoms with Crippen molar-refractivity contribution in [2.24, 2.45) is 0 Å². The van der Waals surface area contributed by atoms with E-state index in [1.807, 2.05) is 4.90 Å². The van der Waals surface area contributed by atoms with E-state index in [0.717, 1.165) is 19.4 Å². The topological polar surface area (TPSA) is 79.3 Å².